The molecule has 9 heteroatoms. The van der Waals surface area contributed by atoms with E-state index in [2.05, 4.69) is 29.6 Å². The molecule has 1 aliphatic heterocycles. The number of aliphatic hydroxyl groups is 1. The van der Waals surface area contributed by atoms with Crippen LogP contribution in [0, 0.1) is 19.3 Å². The van der Waals surface area contributed by atoms with Crippen molar-refractivity contribution >= 4 is 29.9 Å². The van der Waals surface area contributed by atoms with Gasteiger partial charge in [-0.25, -0.2) is 4.99 Å². The highest BCUT2D eigenvalue weighted by Crippen LogP contribution is 2.31. The van der Waals surface area contributed by atoms with Gasteiger partial charge in [-0.1, -0.05) is 0 Å². The largest absolute Gasteiger partial charge is 0.396 e. The van der Waals surface area contributed by atoms with Gasteiger partial charge in [-0.2, -0.15) is 5.10 Å². The van der Waals surface area contributed by atoms with Crippen molar-refractivity contribution in [2.75, 3.05) is 46.6 Å². The number of hydrogen-bond donors (Lipinski definition) is 3. The standard InChI is InChI=1S/C19H35N5O3.HI/c1-5-20-18(22-13-19(6-9-25)7-10-27-14-19)21-12-17-15(2)23-24(16(17)3)8-11-26-4;/h25H,5-14H2,1-4H3,(H2,20,21,22);1H. The summed E-state index contributed by atoms with van der Waals surface area (Å²) < 4.78 is 12.7. The summed E-state index contributed by atoms with van der Waals surface area (Å²) in [6.07, 6.45) is 1.70. The Morgan fingerprint density at radius 2 is 2.18 bits per heavy atom. The lowest BCUT2D eigenvalue weighted by molar-refractivity contribution is 0.127. The molecule has 2 rings (SSSR count). The van der Waals surface area contributed by atoms with Gasteiger partial charge in [-0.05, 0) is 33.6 Å². The Balaban J connectivity index is 0.00000392. The van der Waals surface area contributed by atoms with Gasteiger partial charge in [0, 0.05) is 50.1 Å². The van der Waals surface area contributed by atoms with Crippen molar-refractivity contribution < 1.29 is 14.6 Å². The number of nitrogens with zero attached hydrogens (tertiary/aromatic N) is 3. The maximum Gasteiger partial charge on any atom is 0.191 e. The van der Waals surface area contributed by atoms with Crippen molar-refractivity contribution in [3.05, 3.63) is 17.0 Å². The lowest BCUT2D eigenvalue weighted by atomic mass is 9.84. The highest BCUT2D eigenvalue weighted by atomic mass is 127. The van der Waals surface area contributed by atoms with Gasteiger partial charge in [0.2, 0.25) is 0 Å². The van der Waals surface area contributed by atoms with Crippen LogP contribution in [-0.4, -0.2) is 67.5 Å². The molecule has 0 amide bonds. The summed E-state index contributed by atoms with van der Waals surface area (Å²) in [4.78, 5) is 4.76. The first-order valence-corrected chi connectivity index (χ1v) is 9.78. The smallest absolute Gasteiger partial charge is 0.191 e. The number of methoxy groups -OCH3 is 1. The van der Waals surface area contributed by atoms with Crippen LogP contribution in [0.25, 0.3) is 0 Å². The first kappa shape index (κ1) is 25.1. The second-order valence-electron chi connectivity index (χ2n) is 7.19. The zero-order chi connectivity index (χ0) is 19.7. The van der Waals surface area contributed by atoms with Crippen molar-refractivity contribution in [1.82, 2.24) is 20.4 Å². The molecule has 8 nitrogen and oxygen atoms in total. The zero-order valence-electron chi connectivity index (χ0n) is 17.6. The predicted octanol–water partition coefficient (Wildman–Crippen LogP) is 1.61. The summed E-state index contributed by atoms with van der Waals surface area (Å²) >= 11 is 0. The van der Waals surface area contributed by atoms with E-state index in [4.69, 9.17) is 14.5 Å². The first-order valence-electron chi connectivity index (χ1n) is 9.78. The van der Waals surface area contributed by atoms with Crippen LogP contribution in [0.5, 0.6) is 0 Å². The maximum atomic E-state index is 9.39. The summed E-state index contributed by atoms with van der Waals surface area (Å²) in [6.45, 7) is 11.3. The van der Waals surface area contributed by atoms with E-state index in [0.29, 0.717) is 19.8 Å². The third-order valence-electron chi connectivity index (χ3n) is 5.24. The van der Waals surface area contributed by atoms with Crippen molar-refractivity contribution in [3.63, 3.8) is 0 Å². The van der Waals surface area contributed by atoms with Gasteiger partial charge in [0.15, 0.2) is 5.96 Å². The van der Waals surface area contributed by atoms with Gasteiger partial charge in [-0.3, -0.25) is 4.68 Å². The summed E-state index contributed by atoms with van der Waals surface area (Å²) in [5.74, 6) is 0.783. The van der Waals surface area contributed by atoms with E-state index in [1.54, 1.807) is 7.11 Å². The molecule has 3 N–H and O–H groups in total. The summed E-state index contributed by atoms with van der Waals surface area (Å²) in [6, 6.07) is 0. The van der Waals surface area contributed by atoms with Crippen molar-refractivity contribution in [2.24, 2.45) is 10.4 Å². The highest BCUT2D eigenvalue weighted by Gasteiger charge is 2.34. The van der Waals surface area contributed by atoms with E-state index in [0.717, 1.165) is 62.0 Å². The van der Waals surface area contributed by atoms with E-state index in [-0.39, 0.29) is 36.0 Å². The molecule has 28 heavy (non-hydrogen) atoms. The molecule has 0 spiro atoms. The van der Waals surface area contributed by atoms with Crippen LogP contribution < -0.4 is 10.6 Å². The molecule has 0 saturated carbocycles. The average Bonchev–Trinajstić information content (AvgIpc) is 3.21. The molecule has 0 aromatic carbocycles. The molecule has 2 heterocycles. The lowest BCUT2D eigenvalue weighted by Gasteiger charge is -2.27. The normalized spacial score (nSPS) is 19.5. The Labute approximate surface area is 185 Å². The second-order valence-corrected chi connectivity index (χ2v) is 7.19. The van der Waals surface area contributed by atoms with Gasteiger partial charge in [0.05, 0.1) is 32.0 Å². The average molecular weight is 509 g/mol. The van der Waals surface area contributed by atoms with Gasteiger partial charge >= 0.3 is 0 Å². The van der Waals surface area contributed by atoms with E-state index < -0.39 is 0 Å². The van der Waals surface area contributed by atoms with Crippen LogP contribution in [0.2, 0.25) is 0 Å². The lowest BCUT2D eigenvalue weighted by Crippen LogP contribution is -2.44. The number of ether oxygens (including phenoxy) is 2. The summed E-state index contributed by atoms with van der Waals surface area (Å²) in [7, 11) is 1.70. The number of hydrogen-bond acceptors (Lipinski definition) is 5. The molecular formula is C19H36IN5O3. The monoisotopic (exact) mass is 509 g/mol. The predicted molar refractivity (Wildman–Crippen MR) is 121 cm³/mol. The number of aliphatic imine (C=N–C) groups is 1. The molecule has 1 unspecified atom stereocenters. The van der Waals surface area contributed by atoms with Crippen LogP contribution in [0.15, 0.2) is 4.99 Å². The first-order chi connectivity index (χ1) is 13.0. The molecule has 0 aliphatic carbocycles. The number of aryl methyl sites for hydroxylation is 1. The molecular weight excluding hydrogens is 473 g/mol. The minimum atomic E-state index is -0.0121. The molecule has 0 bridgehead atoms. The van der Waals surface area contributed by atoms with Crippen LogP contribution >= 0.6 is 24.0 Å². The molecule has 1 fully saturated rings. The Morgan fingerprint density at radius 3 is 2.79 bits per heavy atom. The van der Waals surface area contributed by atoms with Crippen molar-refractivity contribution in [1.29, 1.82) is 0 Å². The number of nitrogens with one attached hydrogen (secondary N) is 2. The Kier molecular flexibility index (Phi) is 11.3. The molecule has 1 saturated heterocycles. The van der Waals surface area contributed by atoms with E-state index >= 15 is 0 Å². The van der Waals surface area contributed by atoms with E-state index in [1.165, 1.54) is 0 Å². The van der Waals surface area contributed by atoms with E-state index in [1.807, 2.05) is 11.6 Å². The van der Waals surface area contributed by atoms with E-state index in [9.17, 15) is 5.11 Å². The number of rotatable bonds is 10. The second kappa shape index (κ2) is 12.6. The van der Waals surface area contributed by atoms with Crippen molar-refractivity contribution in [3.8, 4) is 0 Å². The summed E-state index contributed by atoms with van der Waals surface area (Å²) in [5, 5.41) is 20.7. The fraction of sp³-hybridized carbons (Fsp3) is 0.789. The molecule has 1 aromatic heterocycles. The number of halogens is 1. The van der Waals surface area contributed by atoms with Gasteiger partial charge < -0.3 is 25.2 Å². The van der Waals surface area contributed by atoms with Crippen molar-refractivity contribution in [2.45, 2.75) is 46.7 Å². The Bertz CT molecular complexity index is 615. The van der Waals surface area contributed by atoms with Gasteiger partial charge in [-0.15, -0.1) is 24.0 Å². The highest BCUT2D eigenvalue weighted by molar-refractivity contribution is 14.0. The minimum Gasteiger partial charge on any atom is -0.396 e. The SMILES string of the molecule is CCNC(=NCc1c(C)nn(CCOC)c1C)NCC1(CCO)CCOC1.I. The fourth-order valence-electron chi connectivity index (χ4n) is 3.44. The Morgan fingerprint density at radius 1 is 1.39 bits per heavy atom. The van der Waals surface area contributed by atoms with Gasteiger partial charge in [0.25, 0.3) is 0 Å². The van der Waals surface area contributed by atoms with Crippen LogP contribution in [0.1, 0.15) is 36.7 Å². The number of guanidine groups is 1. The fourth-order valence-corrected chi connectivity index (χ4v) is 3.44. The quantitative estimate of drug-likeness (QED) is 0.252. The molecule has 0 radical (unpaired) electrons. The zero-order valence-corrected chi connectivity index (χ0v) is 19.9. The van der Waals surface area contributed by atoms with Crippen LogP contribution in [0.4, 0.5) is 0 Å². The minimum absolute atomic E-state index is 0. The molecule has 1 aliphatic rings. The third-order valence-corrected chi connectivity index (χ3v) is 5.24. The topological polar surface area (TPSA) is 92.9 Å². The Hall–Kier alpha value is -0.910. The number of aliphatic hydroxyl groups excluding tert-OH is 1. The van der Waals surface area contributed by atoms with Crippen LogP contribution in [-0.2, 0) is 22.6 Å². The molecule has 162 valence electrons. The number of aromatic nitrogens is 2. The maximum absolute atomic E-state index is 9.39. The van der Waals surface area contributed by atoms with Gasteiger partial charge in [0.1, 0.15) is 0 Å². The molecule has 1 atom stereocenters. The third kappa shape index (κ3) is 6.85. The summed E-state index contributed by atoms with van der Waals surface area (Å²) in [5.41, 5.74) is 3.27. The molecule has 1 aromatic rings. The van der Waals surface area contributed by atoms with Crippen LogP contribution in [0.3, 0.4) is 0 Å².